The molecule has 1 aromatic heterocycles. The lowest BCUT2D eigenvalue weighted by Crippen LogP contribution is -2.46. The van der Waals surface area contributed by atoms with Gasteiger partial charge in [0, 0.05) is 18.7 Å². The van der Waals surface area contributed by atoms with Gasteiger partial charge in [-0.2, -0.15) is 4.31 Å². The number of sulfonamides is 1. The van der Waals surface area contributed by atoms with Crippen LogP contribution in [0.5, 0.6) is 11.8 Å². The summed E-state index contributed by atoms with van der Waals surface area (Å²) in [4.78, 5) is 0. The highest BCUT2D eigenvalue weighted by molar-refractivity contribution is 7.89. The van der Waals surface area contributed by atoms with E-state index >= 15 is 0 Å². The van der Waals surface area contributed by atoms with E-state index in [1.165, 1.54) is 11.4 Å². The zero-order chi connectivity index (χ0) is 15.5. The molecule has 0 saturated carbocycles. The molecule has 1 aliphatic heterocycles. The van der Waals surface area contributed by atoms with E-state index in [1.54, 1.807) is 26.0 Å². The van der Waals surface area contributed by atoms with Crippen molar-refractivity contribution < 1.29 is 17.9 Å². The van der Waals surface area contributed by atoms with Gasteiger partial charge in [0.1, 0.15) is 6.10 Å². The fraction of sp³-hybridized carbons (Fsp3) is 0.692. The molecular formula is C13H21N3O4S. The number of ether oxygens (including phenoxy) is 2. The summed E-state index contributed by atoms with van der Waals surface area (Å²) in [6, 6.07) is 3.33. The highest BCUT2D eigenvalue weighted by atomic mass is 32.2. The topological polar surface area (TPSA) is 81.6 Å². The van der Waals surface area contributed by atoms with Gasteiger partial charge in [-0.25, -0.2) is 8.42 Å². The van der Waals surface area contributed by atoms with E-state index in [0.717, 1.165) is 12.8 Å². The van der Waals surface area contributed by atoms with Crippen LogP contribution in [0.4, 0.5) is 0 Å². The Morgan fingerprint density at radius 3 is 2.52 bits per heavy atom. The summed E-state index contributed by atoms with van der Waals surface area (Å²) in [5, 5.41) is 7.31. The van der Waals surface area contributed by atoms with Crippen molar-refractivity contribution >= 4 is 10.0 Å². The smallest absolute Gasteiger partial charge is 0.233 e. The zero-order valence-electron chi connectivity index (χ0n) is 12.5. The van der Waals surface area contributed by atoms with Crippen molar-refractivity contribution in [2.24, 2.45) is 0 Å². The summed E-state index contributed by atoms with van der Waals surface area (Å²) >= 11 is 0. The first-order valence-electron chi connectivity index (χ1n) is 6.97. The molecule has 0 bridgehead atoms. The van der Waals surface area contributed by atoms with E-state index in [4.69, 9.17) is 9.47 Å². The molecule has 2 heterocycles. The molecule has 2 rings (SSSR count). The van der Waals surface area contributed by atoms with Gasteiger partial charge in [0.05, 0.1) is 18.9 Å². The van der Waals surface area contributed by atoms with Crippen LogP contribution >= 0.6 is 0 Å². The van der Waals surface area contributed by atoms with Gasteiger partial charge in [0.2, 0.25) is 21.8 Å². The molecule has 118 valence electrons. The van der Waals surface area contributed by atoms with Gasteiger partial charge >= 0.3 is 0 Å². The predicted octanol–water partition coefficient (Wildman–Crippen LogP) is 1.07. The predicted molar refractivity (Wildman–Crippen MR) is 77.9 cm³/mol. The number of hydrogen-bond donors (Lipinski definition) is 0. The van der Waals surface area contributed by atoms with Gasteiger partial charge in [-0.1, -0.05) is 0 Å². The fourth-order valence-electron chi connectivity index (χ4n) is 2.18. The minimum absolute atomic E-state index is 0.199. The van der Waals surface area contributed by atoms with Crippen molar-refractivity contribution in [2.75, 3.05) is 20.2 Å². The zero-order valence-corrected chi connectivity index (χ0v) is 13.3. The maximum atomic E-state index is 12.2. The van der Waals surface area contributed by atoms with Crippen LogP contribution in [0.2, 0.25) is 0 Å². The average molecular weight is 315 g/mol. The van der Waals surface area contributed by atoms with E-state index < -0.39 is 15.3 Å². The van der Waals surface area contributed by atoms with E-state index in [-0.39, 0.29) is 6.10 Å². The van der Waals surface area contributed by atoms with Crippen molar-refractivity contribution in [3.05, 3.63) is 12.1 Å². The molecule has 7 nitrogen and oxygen atoms in total. The second-order valence-electron chi connectivity index (χ2n) is 5.25. The summed E-state index contributed by atoms with van der Waals surface area (Å²) in [6.07, 6.45) is 1.38. The lowest BCUT2D eigenvalue weighted by Gasteiger charge is -2.32. The SMILES string of the molecule is COc1ccc(OC2CCCN(S(=O)(=O)C(C)C)C2)nn1. The van der Waals surface area contributed by atoms with E-state index in [1.807, 2.05) is 0 Å². The largest absolute Gasteiger partial charge is 0.480 e. The third kappa shape index (κ3) is 3.82. The Hall–Kier alpha value is -1.41. The van der Waals surface area contributed by atoms with E-state index in [2.05, 4.69) is 10.2 Å². The summed E-state index contributed by atoms with van der Waals surface area (Å²) in [5.41, 5.74) is 0. The molecule has 1 aliphatic rings. The first kappa shape index (κ1) is 16.0. The maximum absolute atomic E-state index is 12.2. The van der Waals surface area contributed by atoms with Crippen LogP contribution < -0.4 is 9.47 Å². The number of methoxy groups -OCH3 is 1. The Balaban J connectivity index is 2.01. The minimum atomic E-state index is -3.24. The molecule has 1 aromatic rings. The van der Waals surface area contributed by atoms with Gasteiger partial charge in [0.15, 0.2) is 0 Å². The molecule has 1 unspecified atom stereocenters. The normalized spacial score (nSPS) is 20.5. The monoisotopic (exact) mass is 315 g/mol. The quantitative estimate of drug-likeness (QED) is 0.808. The van der Waals surface area contributed by atoms with Gasteiger partial charge in [-0.05, 0) is 26.7 Å². The Labute approximate surface area is 125 Å². The van der Waals surface area contributed by atoms with Crippen LogP contribution in [0.15, 0.2) is 12.1 Å². The summed E-state index contributed by atoms with van der Waals surface area (Å²) in [5.74, 6) is 0.791. The van der Waals surface area contributed by atoms with Crippen molar-refractivity contribution in [1.29, 1.82) is 0 Å². The first-order valence-corrected chi connectivity index (χ1v) is 8.47. The standard InChI is InChI=1S/C13H21N3O4S/c1-10(2)21(17,18)16-8-4-5-11(9-16)20-13-7-6-12(19-3)14-15-13/h6-7,10-11H,4-5,8-9H2,1-3H3. The Morgan fingerprint density at radius 1 is 1.29 bits per heavy atom. The second-order valence-corrected chi connectivity index (χ2v) is 7.74. The molecule has 1 atom stereocenters. The summed E-state index contributed by atoms with van der Waals surface area (Å²) in [6.45, 7) is 4.28. The minimum Gasteiger partial charge on any atom is -0.480 e. The van der Waals surface area contributed by atoms with Gasteiger partial charge in [-0.3, -0.25) is 0 Å². The number of hydrogen-bond acceptors (Lipinski definition) is 6. The van der Waals surface area contributed by atoms with E-state index in [0.29, 0.717) is 24.8 Å². The molecule has 0 amide bonds. The third-order valence-corrected chi connectivity index (χ3v) is 5.65. The first-order chi connectivity index (χ1) is 9.93. The van der Waals surface area contributed by atoms with Gasteiger partial charge < -0.3 is 9.47 Å². The average Bonchev–Trinajstić information content (AvgIpc) is 2.48. The van der Waals surface area contributed by atoms with Crippen molar-refractivity contribution in [2.45, 2.75) is 38.0 Å². The number of rotatable bonds is 5. The molecule has 0 N–H and O–H groups in total. The molecule has 0 radical (unpaired) electrons. The summed E-state index contributed by atoms with van der Waals surface area (Å²) in [7, 11) is -1.72. The highest BCUT2D eigenvalue weighted by Crippen LogP contribution is 2.21. The van der Waals surface area contributed by atoms with Crippen LogP contribution in [0.1, 0.15) is 26.7 Å². The molecule has 0 aromatic carbocycles. The van der Waals surface area contributed by atoms with Crippen molar-refractivity contribution in [3.8, 4) is 11.8 Å². The van der Waals surface area contributed by atoms with Crippen LogP contribution in [-0.4, -0.2) is 54.5 Å². The number of nitrogens with zero attached hydrogens (tertiary/aromatic N) is 3. The van der Waals surface area contributed by atoms with Crippen LogP contribution in [-0.2, 0) is 10.0 Å². The Bertz CT molecular complexity index is 559. The molecule has 1 fully saturated rings. The van der Waals surface area contributed by atoms with Crippen LogP contribution in [0.25, 0.3) is 0 Å². The van der Waals surface area contributed by atoms with Gasteiger partial charge in [-0.15, -0.1) is 10.2 Å². The second kappa shape index (κ2) is 6.57. The number of piperidine rings is 1. The Kier molecular flexibility index (Phi) is 5.00. The molecular weight excluding hydrogens is 294 g/mol. The fourth-order valence-corrected chi connectivity index (χ4v) is 3.53. The molecule has 8 heteroatoms. The molecule has 21 heavy (non-hydrogen) atoms. The molecule has 1 saturated heterocycles. The molecule has 0 aliphatic carbocycles. The van der Waals surface area contributed by atoms with Crippen LogP contribution in [0.3, 0.4) is 0 Å². The van der Waals surface area contributed by atoms with Crippen LogP contribution in [0, 0.1) is 0 Å². The van der Waals surface area contributed by atoms with E-state index in [9.17, 15) is 8.42 Å². The molecule has 0 spiro atoms. The summed E-state index contributed by atoms with van der Waals surface area (Å²) < 4.78 is 36.5. The highest BCUT2D eigenvalue weighted by Gasteiger charge is 2.32. The Morgan fingerprint density at radius 2 is 1.95 bits per heavy atom. The third-order valence-electron chi connectivity index (χ3n) is 3.41. The lowest BCUT2D eigenvalue weighted by molar-refractivity contribution is 0.123. The number of aromatic nitrogens is 2. The van der Waals surface area contributed by atoms with Crippen molar-refractivity contribution in [3.63, 3.8) is 0 Å². The lowest BCUT2D eigenvalue weighted by atomic mass is 10.1. The van der Waals surface area contributed by atoms with Crippen molar-refractivity contribution in [1.82, 2.24) is 14.5 Å². The van der Waals surface area contributed by atoms with Gasteiger partial charge in [0.25, 0.3) is 0 Å². The maximum Gasteiger partial charge on any atom is 0.233 e.